The van der Waals surface area contributed by atoms with Gasteiger partial charge in [-0.05, 0) is 51.4 Å². The Hall–Kier alpha value is -1.93. The highest BCUT2D eigenvalue weighted by molar-refractivity contribution is 5.43. The molecule has 2 aromatic rings. The highest BCUT2D eigenvalue weighted by Gasteiger charge is 2.25. The quantitative estimate of drug-likeness (QED) is 0.753. The molecule has 0 spiro atoms. The van der Waals surface area contributed by atoms with Gasteiger partial charge >= 0.3 is 6.01 Å². The molecule has 154 valence electrons. The van der Waals surface area contributed by atoms with Gasteiger partial charge in [0.25, 0.3) is 5.56 Å². The number of rotatable bonds is 6. The van der Waals surface area contributed by atoms with E-state index in [-0.39, 0.29) is 11.5 Å². The number of fused-ring (bicyclic) bond motifs is 1. The monoisotopic (exact) mass is 390 g/mol. The Kier molecular flexibility index (Phi) is 5.96. The lowest BCUT2D eigenvalue weighted by Crippen LogP contribution is -2.28. The van der Waals surface area contributed by atoms with Crippen LogP contribution in [0.5, 0.6) is 6.01 Å². The molecule has 1 saturated carbocycles. The van der Waals surface area contributed by atoms with Crippen LogP contribution in [0.1, 0.15) is 57.2 Å². The second-order valence-corrected chi connectivity index (χ2v) is 7.86. The number of imidazole rings is 1. The van der Waals surface area contributed by atoms with Crippen molar-refractivity contribution in [2.24, 2.45) is 13.0 Å². The van der Waals surface area contributed by atoms with E-state index in [0.29, 0.717) is 30.2 Å². The Labute approximate surface area is 164 Å². The first-order valence-corrected chi connectivity index (χ1v) is 10.4. The zero-order valence-electron chi connectivity index (χ0n) is 16.8. The zero-order valence-corrected chi connectivity index (χ0v) is 16.8. The lowest BCUT2D eigenvalue weighted by Gasteiger charge is -2.28. The van der Waals surface area contributed by atoms with E-state index in [0.717, 1.165) is 64.2 Å². The van der Waals surface area contributed by atoms with Crippen molar-refractivity contribution in [2.45, 2.75) is 57.5 Å². The average molecular weight is 390 g/mol. The Balaban J connectivity index is 1.49. The Bertz CT molecular complexity index is 848. The van der Waals surface area contributed by atoms with Crippen molar-refractivity contribution in [3.05, 3.63) is 22.4 Å². The molecule has 4 rings (SSSR count). The van der Waals surface area contributed by atoms with Crippen LogP contribution in [0.2, 0.25) is 0 Å². The third kappa shape index (κ3) is 3.93. The van der Waals surface area contributed by atoms with Gasteiger partial charge in [0.1, 0.15) is 5.82 Å². The molecule has 2 aliphatic rings. The Morgan fingerprint density at radius 2 is 1.93 bits per heavy atom. The van der Waals surface area contributed by atoms with Crippen molar-refractivity contribution in [3.8, 4) is 6.01 Å². The molecule has 0 N–H and O–H groups in total. The largest absolute Gasteiger partial charge is 0.463 e. The molecule has 8 nitrogen and oxygen atoms in total. The number of hydrogen-bond donors (Lipinski definition) is 0. The van der Waals surface area contributed by atoms with E-state index in [2.05, 4.69) is 10.1 Å². The second-order valence-electron chi connectivity index (χ2n) is 7.86. The standard InChI is InChI=1S/C20H30N4O4/c1-3-27-16-6-4-14(5-7-16)13-28-20-22-24-17(19(25)23(20)2)12-21-18(24)15-8-10-26-11-9-15/h12,14-16H,3-11,13H2,1-2H3/t14-,16-. The maximum absolute atomic E-state index is 12.8. The molecule has 1 aliphatic heterocycles. The molecule has 0 aromatic carbocycles. The summed E-state index contributed by atoms with van der Waals surface area (Å²) < 4.78 is 20.3. The van der Waals surface area contributed by atoms with Gasteiger partial charge in [-0.2, -0.15) is 0 Å². The van der Waals surface area contributed by atoms with E-state index in [1.807, 2.05) is 6.92 Å². The molecule has 2 fully saturated rings. The Morgan fingerprint density at radius 1 is 1.18 bits per heavy atom. The lowest BCUT2D eigenvalue weighted by atomic mass is 9.88. The highest BCUT2D eigenvalue weighted by Crippen LogP contribution is 2.28. The molecular formula is C20H30N4O4. The molecule has 3 heterocycles. The minimum absolute atomic E-state index is 0.129. The smallest absolute Gasteiger partial charge is 0.316 e. The number of ether oxygens (including phenoxy) is 3. The van der Waals surface area contributed by atoms with Gasteiger partial charge in [-0.1, -0.05) is 0 Å². The van der Waals surface area contributed by atoms with Crippen LogP contribution >= 0.6 is 0 Å². The first kappa shape index (κ1) is 19.4. The third-order valence-corrected chi connectivity index (χ3v) is 5.99. The molecule has 1 saturated heterocycles. The predicted octanol–water partition coefficient (Wildman–Crippen LogP) is 2.30. The van der Waals surface area contributed by atoms with Gasteiger partial charge in [-0.3, -0.25) is 9.36 Å². The second kappa shape index (κ2) is 8.61. The molecular weight excluding hydrogens is 360 g/mol. The third-order valence-electron chi connectivity index (χ3n) is 5.99. The number of hydrogen-bond acceptors (Lipinski definition) is 6. The van der Waals surface area contributed by atoms with Gasteiger partial charge in [0.2, 0.25) is 0 Å². The minimum Gasteiger partial charge on any atom is -0.463 e. The van der Waals surface area contributed by atoms with Crippen molar-refractivity contribution in [1.29, 1.82) is 0 Å². The molecule has 0 bridgehead atoms. The maximum Gasteiger partial charge on any atom is 0.316 e. The SMILES string of the molecule is CCO[C@H]1CC[C@H](COc2nn3c(C4CCOCC4)ncc3c(=O)n2C)CC1. The first-order valence-electron chi connectivity index (χ1n) is 10.4. The minimum atomic E-state index is -0.129. The maximum atomic E-state index is 12.8. The predicted molar refractivity (Wildman–Crippen MR) is 104 cm³/mol. The fraction of sp³-hybridized carbons (Fsp3) is 0.750. The van der Waals surface area contributed by atoms with E-state index in [9.17, 15) is 4.79 Å². The van der Waals surface area contributed by atoms with Crippen molar-refractivity contribution < 1.29 is 14.2 Å². The van der Waals surface area contributed by atoms with Gasteiger partial charge in [0.05, 0.1) is 18.9 Å². The van der Waals surface area contributed by atoms with Crippen molar-refractivity contribution in [3.63, 3.8) is 0 Å². The molecule has 28 heavy (non-hydrogen) atoms. The van der Waals surface area contributed by atoms with Gasteiger partial charge in [-0.15, -0.1) is 5.10 Å². The molecule has 1 aliphatic carbocycles. The summed E-state index contributed by atoms with van der Waals surface area (Å²) in [6.45, 7) is 4.84. The summed E-state index contributed by atoms with van der Waals surface area (Å²) in [5.74, 6) is 1.57. The molecule has 0 unspecified atom stereocenters. The molecule has 2 aromatic heterocycles. The van der Waals surface area contributed by atoms with Gasteiger partial charge in [-0.25, -0.2) is 9.50 Å². The zero-order chi connectivity index (χ0) is 19.5. The topological polar surface area (TPSA) is 79.9 Å². The molecule has 0 atom stereocenters. The van der Waals surface area contributed by atoms with Crippen molar-refractivity contribution in [1.82, 2.24) is 19.2 Å². The molecule has 8 heteroatoms. The van der Waals surface area contributed by atoms with Crippen LogP contribution < -0.4 is 10.3 Å². The van der Waals surface area contributed by atoms with Gasteiger partial charge in [0.15, 0.2) is 5.52 Å². The lowest BCUT2D eigenvalue weighted by molar-refractivity contribution is 0.0190. The normalized spacial score (nSPS) is 23.9. The van der Waals surface area contributed by atoms with Crippen LogP contribution in [0.3, 0.4) is 0 Å². The van der Waals surface area contributed by atoms with E-state index in [1.54, 1.807) is 17.8 Å². The van der Waals surface area contributed by atoms with Crippen LogP contribution in [-0.4, -0.2) is 51.7 Å². The summed E-state index contributed by atoms with van der Waals surface area (Å²) in [5.41, 5.74) is 0.365. The van der Waals surface area contributed by atoms with E-state index in [4.69, 9.17) is 14.2 Å². The van der Waals surface area contributed by atoms with Crippen LogP contribution in [0, 0.1) is 5.92 Å². The van der Waals surface area contributed by atoms with Crippen LogP contribution in [0.15, 0.2) is 11.0 Å². The molecule has 0 amide bonds. The fourth-order valence-electron chi connectivity index (χ4n) is 4.28. The summed E-state index contributed by atoms with van der Waals surface area (Å²) >= 11 is 0. The summed E-state index contributed by atoms with van der Waals surface area (Å²) in [4.78, 5) is 17.3. The van der Waals surface area contributed by atoms with E-state index < -0.39 is 0 Å². The summed E-state index contributed by atoms with van der Waals surface area (Å²) in [6, 6.07) is 0.357. The molecule has 0 radical (unpaired) electrons. The number of nitrogens with zero attached hydrogens (tertiary/aromatic N) is 4. The number of aromatic nitrogens is 4. The van der Waals surface area contributed by atoms with E-state index in [1.165, 1.54) is 4.57 Å². The highest BCUT2D eigenvalue weighted by atomic mass is 16.5. The van der Waals surface area contributed by atoms with Gasteiger partial charge < -0.3 is 14.2 Å². The fourth-order valence-corrected chi connectivity index (χ4v) is 4.28. The first-order chi connectivity index (χ1) is 13.7. The van der Waals surface area contributed by atoms with Crippen LogP contribution in [-0.2, 0) is 16.5 Å². The summed E-state index contributed by atoms with van der Waals surface area (Å²) in [5, 5.41) is 4.63. The van der Waals surface area contributed by atoms with Gasteiger partial charge in [0, 0.05) is 32.8 Å². The van der Waals surface area contributed by atoms with Crippen LogP contribution in [0.25, 0.3) is 5.52 Å². The van der Waals surface area contributed by atoms with Crippen molar-refractivity contribution >= 4 is 5.52 Å². The summed E-state index contributed by atoms with van der Waals surface area (Å²) in [7, 11) is 1.71. The van der Waals surface area contributed by atoms with Crippen LogP contribution in [0.4, 0.5) is 0 Å². The van der Waals surface area contributed by atoms with Crippen molar-refractivity contribution in [2.75, 3.05) is 26.4 Å². The van der Waals surface area contributed by atoms with E-state index >= 15 is 0 Å². The average Bonchev–Trinajstić information content (AvgIpc) is 3.15. The Morgan fingerprint density at radius 3 is 2.64 bits per heavy atom. The summed E-state index contributed by atoms with van der Waals surface area (Å²) in [6.07, 6.45) is 8.11.